The van der Waals surface area contributed by atoms with Gasteiger partial charge in [0.2, 0.25) is 5.88 Å². The molecule has 0 saturated heterocycles. The van der Waals surface area contributed by atoms with Crippen molar-refractivity contribution in [2.75, 3.05) is 25.6 Å². The number of fused-ring (bicyclic) bond motifs is 3. The normalized spacial score (nSPS) is 23.0. The van der Waals surface area contributed by atoms with Gasteiger partial charge >= 0.3 is 6.03 Å². The van der Waals surface area contributed by atoms with Crippen molar-refractivity contribution in [2.24, 2.45) is 15.4 Å². The molecular formula is C21H28N6O4S. The maximum Gasteiger partial charge on any atom is 0.354 e. The van der Waals surface area contributed by atoms with Gasteiger partial charge in [0.25, 0.3) is 0 Å². The summed E-state index contributed by atoms with van der Waals surface area (Å²) in [5.41, 5.74) is 5.03. The van der Waals surface area contributed by atoms with E-state index in [-0.39, 0.29) is 10.8 Å². The Morgan fingerprint density at radius 2 is 2.25 bits per heavy atom. The predicted molar refractivity (Wildman–Crippen MR) is 118 cm³/mol. The number of pyridine rings is 1. The molecule has 11 heteroatoms. The van der Waals surface area contributed by atoms with E-state index in [4.69, 9.17) is 19.6 Å². The molecule has 172 valence electrons. The Kier molecular flexibility index (Phi) is 5.42. The highest BCUT2D eigenvalue weighted by Crippen LogP contribution is 2.41. The predicted octanol–water partition coefficient (Wildman–Crippen LogP) is 2.40. The molecule has 0 fully saturated rings. The second-order valence-corrected chi connectivity index (χ2v) is 10.5. The monoisotopic (exact) mass is 460 g/mol. The van der Waals surface area contributed by atoms with Crippen molar-refractivity contribution in [1.82, 2.24) is 14.8 Å². The van der Waals surface area contributed by atoms with Gasteiger partial charge in [-0.15, -0.1) is 4.36 Å². The number of methoxy groups -OCH3 is 1. The molecule has 3 atom stereocenters. The first kappa shape index (κ1) is 21.4. The van der Waals surface area contributed by atoms with Gasteiger partial charge < -0.3 is 14.8 Å². The number of carbonyl (C=O) groups excluding carboxylic acids is 1. The molecule has 2 amide bonds. The number of anilines is 1. The summed E-state index contributed by atoms with van der Waals surface area (Å²) in [5.74, 6) is 0.786. The quantitative estimate of drug-likeness (QED) is 0.720. The Bertz CT molecular complexity index is 1200. The van der Waals surface area contributed by atoms with E-state index in [1.54, 1.807) is 11.8 Å². The van der Waals surface area contributed by atoms with Gasteiger partial charge in [0.05, 0.1) is 31.6 Å². The average molecular weight is 461 g/mol. The zero-order chi connectivity index (χ0) is 22.5. The van der Waals surface area contributed by atoms with Crippen LogP contribution in [0.2, 0.25) is 0 Å². The first-order valence-corrected chi connectivity index (χ1v) is 12.5. The lowest BCUT2D eigenvalue weighted by Gasteiger charge is -2.24. The third kappa shape index (κ3) is 3.67. The molecule has 1 aliphatic heterocycles. The lowest BCUT2D eigenvalue weighted by molar-refractivity contribution is 0.0780. The van der Waals surface area contributed by atoms with Gasteiger partial charge in [-0.2, -0.15) is 5.10 Å². The zero-order valence-electron chi connectivity index (χ0n) is 18.3. The van der Waals surface area contributed by atoms with Crippen LogP contribution in [-0.2, 0) is 40.5 Å². The van der Waals surface area contributed by atoms with Gasteiger partial charge in [0.1, 0.15) is 4.90 Å². The van der Waals surface area contributed by atoms with Crippen LogP contribution in [0, 0.1) is 5.92 Å². The van der Waals surface area contributed by atoms with Gasteiger partial charge in [-0.25, -0.2) is 18.8 Å². The first-order valence-electron chi connectivity index (χ1n) is 11.0. The van der Waals surface area contributed by atoms with E-state index in [2.05, 4.69) is 21.7 Å². The first-order chi connectivity index (χ1) is 15.4. The standard InChI is InChI=1S/C21H28N6O4S/c1-12-6-7-15-18(12)24-16-5-3-4-14(16)19(15)25-21(28)26-32(22,29)17-8-23-27-9-13(10-30-2)11-31-20(17)27/h8,12-13H,3-7,9-11H2,1-2H3,(H3,22,24,25,26,28,29). The minimum atomic E-state index is -3.54. The topological polar surface area (TPSA) is 134 Å². The van der Waals surface area contributed by atoms with Crippen LogP contribution in [0.25, 0.3) is 0 Å². The van der Waals surface area contributed by atoms with E-state index >= 15 is 0 Å². The zero-order valence-corrected chi connectivity index (χ0v) is 19.1. The van der Waals surface area contributed by atoms with E-state index in [0.717, 1.165) is 60.3 Å². The number of urea groups is 1. The highest BCUT2D eigenvalue weighted by Gasteiger charge is 2.31. The molecule has 2 aromatic heterocycles. The molecular weight excluding hydrogens is 432 g/mol. The van der Waals surface area contributed by atoms with Crippen LogP contribution in [0.4, 0.5) is 10.5 Å². The van der Waals surface area contributed by atoms with Crippen molar-refractivity contribution < 1.29 is 18.5 Å². The molecule has 3 heterocycles. The van der Waals surface area contributed by atoms with Gasteiger partial charge in [-0.05, 0) is 49.1 Å². The molecule has 0 radical (unpaired) electrons. The van der Waals surface area contributed by atoms with Crippen molar-refractivity contribution in [3.63, 3.8) is 0 Å². The van der Waals surface area contributed by atoms with Crippen LogP contribution in [0.15, 0.2) is 15.5 Å². The molecule has 0 bridgehead atoms. The molecule has 3 unspecified atom stereocenters. The maximum absolute atomic E-state index is 13.2. The highest BCUT2D eigenvalue weighted by molar-refractivity contribution is 7.91. The van der Waals surface area contributed by atoms with Gasteiger partial charge in [0, 0.05) is 24.4 Å². The second-order valence-electron chi connectivity index (χ2n) is 8.79. The summed E-state index contributed by atoms with van der Waals surface area (Å²) >= 11 is 0. The third-order valence-corrected chi connectivity index (χ3v) is 7.81. The van der Waals surface area contributed by atoms with E-state index in [1.807, 2.05) is 0 Å². The molecule has 3 aliphatic rings. The van der Waals surface area contributed by atoms with Crippen LogP contribution < -0.4 is 15.2 Å². The lowest BCUT2D eigenvalue weighted by atomic mass is 10.0. The number of nitrogens with two attached hydrogens (primary N) is 1. The molecule has 2 aliphatic carbocycles. The van der Waals surface area contributed by atoms with E-state index in [9.17, 15) is 9.00 Å². The van der Waals surface area contributed by atoms with E-state index < -0.39 is 15.9 Å². The molecule has 32 heavy (non-hydrogen) atoms. The number of hydrogen-bond donors (Lipinski definition) is 2. The highest BCUT2D eigenvalue weighted by atomic mass is 32.2. The Hall–Kier alpha value is -2.50. The summed E-state index contributed by atoms with van der Waals surface area (Å²) in [4.78, 5) is 17.9. The number of rotatable bonds is 4. The van der Waals surface area contributed by atoms with Crippen molar-refractivity contribution in [2.45, 2.75) is 56.4 Å². The number of amides is 2. The van der Waals surface area contributed by atoms with Crippen molar-refractivity contribution in [1.29, 1.82) is 0 Å². The lowest BCUT2D eigenvalue weighted by Crippen LogP contribution is -2.29. The van der Waals surface area contributed by atoms with Crippen molar-refractivity contribution in [3.8, 4) is 5.88 Å². The van der Waals surface area contributed by atoms with Crippen LogP contribution in [-0.4, -0.2) is 45.3 Å². The second kappa shape index (κ2) is 8.13. The number of nitrogens with zero attached hydrogens (tertiary/aromatic N) is 4. The summed E-state index contributed by atoms with van der Waals surface area (Å²) in [7, 11) is -1.91. The van der Waals surface area contributed by atoms with Gasteiger partial charge in [0.15, 0.2) is 9.92 Å². The average Bonchev–Trinajstić information content (AvgIpc) is 3.46. The number of carbonyl (C=O) groups is 1. The Balaban J connectivity index is 1.43. The van der Waals surface area contributed by atoms with Crippen molar-refractivity contribution in [3.05, 3.63) is 28.7 Å². The van der Waals surface area contributed by atoms with E-state index in [0.29, 0.717) is 31.6 Å². The Morgan fingerprint density at radius 3 is 3.06 bits per heavy atom. The summed E-state index contributed by atoms with van der Waals surface area (Å²) < 4.78 is 29.6. The van der Waals surface area contributed by atoms with Gasteiger partial charge in [-0.1, -0.05) is 6.92 Å². The minimum absolute atomic E-state index is 0.127. The fraction of sp³-hybridized carbons (Fsp3) is 0.571. The largest absolute Gasteiger partial charge is 0.476 e. The SMILES string of the molecule is COCC1COc2c(S(N)(=O)=NC(=O)Nc3c4c(nc5c3CCC5C)CCC4)cnn2C1. The molecule has 0 saturated carbocycles. The van der Waals surface area contributed by atoms with Gasteiger partial charge in [-0.3, -0.25) is 4.98 Å². The van der Waals surface area contributed by atoms with E-state index in [1.165, 1.54) is 6.20 Å². The van der Waals surface area contributed by atoms with Crippen molar-refractivity contribution >= 4 is 21.6 Å². The number of hydrogen-bond acceptors (Lipinski definition) is 6. The maximum atomic E-state index is 13.2. The van der Waals surface area contributed by atoms with Crippen LogP contribution >= 0.6 is 0 Å². The van der Waals surface area contributed by atoms with Crippen LogP contribution in [0.1, 0.15) is 48.2 Å². The fourth-order valence-electron chi connectivity index (χ4n) is 4.92. The molecule has 5 rings (SSSR count). The minimum Gasteiger partial charge on any atom is -0.476 e. The molecule has 0 spiro atoms. The fourth-order valence-corrected chi connectivity index (χ4v) is 5.92. The third-order valence-electron chi connectivity index (χ3n) is 6.47. The number of ether oxygens (including phenoxy) is 2. The molecule has 0 aromatic carbocycles. The molecule has 3 N–H and O–H groups in total. The summed E-state index contributed by atoms with van der Waals surface area (Å²) in [6.07, 6.45) is 6.02. The smallest absolute Gasteiger partial charge is 0.354 e. The Morgan fingerprint density at radius 1 is 1.41 bits per heavy atom. The molecule has 10 nitrogen and oxygen atoms in total. The van der Waals surface area contributed by atoms with Crippen LogP contribution in [0.3, 0.4) is 0 Å². The number of nitrogens with one attached hydrogen (secondary N) is 1. The summed E-state index contributed by atoms with van der Waals surface area (Å²) in [5, 5.41) is 13.2. The molecule has 2 aromatic rings. The summed E-state index contributed by atoms with van der Waals surface area (Å²) in [6, 6.07) is -0.729. The number of aryl methyl sites for hydroxylation is 1. The number of aromatic nitrogens is 3. The van der Waals surface area contributed by atoms with Crippen LogP contribution in [0.5, 0.6) is 5.88 Å². The summed E-state index contributed by atoms with van der Waals surface area (Å²) in [6.45, 7) is 3.63. The Labute approximate surface area is 187 Å².